The molecule has 3 heteroatoms. The number of hydrogen-bond acceptors (Lipinski definition) is 2. The summed E-state index contributed by atoms with van der Waals surface area (Å²) < 4.78 is 7.14. The number of pyridine rings is 1. The average molecular weight is 209 g/mol. The Morgan fingerprint density at radius 1 is 1.47 bits per heavy atom. The number of rotatable bonds is 5. The first-order valence-corrected chi connectivity index (χ1v) is 5.50. The van der Waals surface area contributed by atoms with E-state index in [9.17, 15) is 4.79 Å². The topological polar surface area (TPSA) is 31.2 Å². The Labute approximate surface area is 90.7 Å². The van der Waals surface area contributed by atoms with E-state index in [4.69, 9.17) is 4.74 Å². The van der Waals surface area contributed by atoms with Crippen molar-refractivity contribution in [2.45, 2.75) is 39.7 Å². The molecule has 0 N–H and O–H groups in total. The Hall–Kier alpha value is -1.25. The van der Waals surface area contributed by atoms with Crippen LogP contribution in [0.4, 0.5) is 0 Å². The monoisotopic (exact) mass is 209 g/mol. The van der Waals surface area contributed by atoms with Gasteiger partial charge in [0.2, 0.25) is 0 Å². The van der Waals surface area contributed by atoms with Gasteiger partial charge in [0.05, 0.1) is 6.61 Å². The first-order valence-electron chi connectivity index (χ1n) is 5.50. The van der Waals surface area contributed by atoms with Crippen molar-refractivity contribution in [1.82, 2.24) is 4.57 Å². The molecule has 0 radical (unpaired) electrons. The molecule has 0 bridgehead atoms. The van der Waals surface area contributed by atoms with Gasteiger partial charge in [0.15, 0.2) is 0 Å². The summed E-state index contributed by atoms with van der Waals surface area (Å²) in [6.07, 6.45) is 3.91. The summed E-state index contributed by atoms with van der Waals surface area (Å²) in [6.45, 7) is 6.76. The van der Waals surface area contributed by atoms with Crippen LogP contribution in [-0.4, -0.2) is 11.2 Å². The van der Waals surface area contributed by atoms with Crippen LogP contribution in [0.5, 0.6) is 5.75 Å². The fourth-order valence-electron chi connectivity index (χ4n) is 1.32. The highest BCUT2D eigenvalue weighted by molar-refractivity contribution is 5.18. The third-order valence-electron chi connectivity index (χ3n) is 2.24. The van der Waals surface area contributed by atoms with Crippen LogP contribution in [-0.2, 0) is 0 Å². The minimum atomic E-state index is -0.000927. The Balaban J connectivity index is 2.70. The standard InChI is InChI=1S/C12H19NO2/c1-4-5-8-15-11-6-7-13(10(2)3)12(14)9-11/h6-7,9-10H,4-5,8H2,1-3H3. The van der Waals surface area contributed by atoms with Gasteiger partial charge in [0.25, 0.3) is 5.56 Å². The summed E-state index contributed by atoms with van der Waals surface area (Å²) in [4.78, 5) is 11.6. The predicted molar refractivity (Wildman–Crippen MR) is 61.5 cm³/mol. The molecule has 0 amide bonds. The normalized spacial score (nSPS) is 10.7. The number of unbranched alkanes of at least 4 members (excludes halogenated alkanes) is 1. The van der Waals surface area contributed by atoms with E-state index >= 15 is 0 Å². The van der Waals surface area contributed by atoms with Crippen molar-refractivity contribution in [3.8, 4) is 5.75 Å². The van der Waals surface area contributed by atoms with Gasteiger partial charge in [0.1, 0.15) is 5.75 Å². The molecular weight excluding hydrogens is 190 g/mol. The number of aromatic nitrogens is 1. The molecule has 0 spiro atoms. The lowest BCUT2D eigenvalue weighted by atomic mass is 10.3. The first kappa shape index (κ1) is 11.8. The lowest BCUT2D eigenvalue weighted by Gasteiger charge is -2.10. The number of nitrogens with zero attached hydrogens (tertiary/aromatic N) is 1. The second-order valence-electron chi connectivity index (χ2n) is 3.90. The van der Waals surface area contributed by atoms with Crippen LogP contribution in [0.15, 0.2) is 23.1 Å². The van der Waals surface area contributed by atoms with E-state index in [0.717, 1.165) is 12.8 Å². The van der Waals surface area contributed by atoms with Crippen LogP contribution in [0.2, 0.25) is 0 Å². The molecule has 0 saturated heterocycles. The summed E-state index contributed by atoms with van der Waals surface area (Å²) >= 11 is 0. The molecule has 0 saturated carbocycles. The minimum absolute atomic E-state index is 0.000927. The third kappa shape index (κ3) is 3.42. The molecule has 3 nitrogen and oxygen atoms in total. The van der Waals surface area contributed by atoms with Gasteiger partial charge in [-0.2, -0.15) is 0 Å². The van der Waals surface area contributed by atoms with Crippen LogP contribution in [0.25, 0.3) is 0 Å². The molecule has 1 heterocycles. The zero-order chi connectivity index (χ0) is 11.3. The Morgan fingerprint density at radius 2 is 2.20 bits per heavy atom. The van der Waals surface area contributed by atoms with Gasteiger partial charge in [-0.25, -0.2) is 0 Å². The lowest BCUT2D eigenvalue weighted by molar-refractivity contribution is 0.307. The maximum atomic E-state index is 11.6. The number of hydrogen-bond donors (Lipinski definition) is 0. The van der Waals surface area contributed by atoms with Crippen molar-refractivity contribution in [1.29, 1.82) is 0 Å². The molecule has 15 heavy (non-hydrogen) atoms. The molecule has 1 rings (SSSR count). The summed E-state index contributed by atoms with van der Waals surface area (Å²) in [5.41, 5.74) is -0.000927. The summed E-state index contributed by atoms with van der Waals surface area (Å²) in [6, 6.07) is 3.59. The molecule has 1 aromatic heterocycles. The van der Waals surface area contributed by atoms with E-state index in [1.54, 1.807) is 16.8 Å². The Kier molecular flexibility index (Phi) is 4.40. The molecule has 0 aliphatic rings. The zero-order valence-corrected chi connectivity index (χ0v) is 9.69. The van der Waals surface area contributed by atoms with Gasteiger partial charge < -0.3 is 9.30 Å². The molecule has 0 fully saturated rings. The highest BCUT2D eigenvalue weighted by Crippen LogP contribution is 2.08. The van der Waals surface area contributed by atoms with Gasteiger partial charge in [-0.15, -0.1) is 0 Å². The Morgan fingerprint density at radius 3 is 2.73 bits per heavy atom. The summed E-state index contributed by atoms with van der Waals surface area (Å²) in [5.74, 6) is 0.672. The number of ether oxygens (including phenoxy) is 1. The fraction of sp³-hybridized carbons (Fsp3) is 0.583. The smallest absolute Gasteiger partial charge is 0.254 e. The third-order valence-corrected chi connectivity index (χ3v) is 2.24. The van der Waals surface area contributed by atoms with Crippen molar-refractivity contribution in [3.05, 3.63) is 28.7 Å². The van der Waals surface area contributed by atoms with E-state index in [0.29, 0.717) is 12.4 Å². The molecule has 0 aliphatic heterocycles. The van der Waals surface area contributed by atoms with Gasteiger partial charge in [0, 0.05) is 18.3 Å². The summed E-state index contributed by atoms with van der Waals surface area (Å²) in [7, 11) is 0. The van der Waals surface area contributed by atoms with Crippen molar-refractivity contribution in [2.75, 3.05) is 6.61 Å². The molecule has 1 aromatic rings. The van der Waals surface area contributed by atoms with E-state index in [-0.39, 0.29) is 11.6 Å². The van der Waals surface area contributed by atoms with Gasteiger partial charge in [-0.05, 0) is 26.3 Å². The second-order valence-corrected chi connectivity index (χ2v) is 3.90. The quantitative estimate of drug-likeness (QED) is 0.698. The fourth-order valence-corrected chi connectivity index (χ4v) is 1.32. The lowest BCUT2D eigenvalue weighted by Crippen LogP contribution is -2.20. The summed E-state index contributed by atoms with van der Waals surface area (Å²) in [5, 5.41) is 0. The van der Waals surface area contributed by atoms with Crippen molar-refractivity contribution >= 4 is 0 Å². The molecule has 0 atom stereocenters. The SMILES string of the molecule is CCCCOc1ccn(C(C)C)c(=O)c1. The second kappa shape index (κ2) is 5.59. The van der Waals surface area contributed by atoms with Crippen molar-refractivity contribution in [3.63, 3.8) is 0 Å². The highest BCUT2D eigenvalue weighted by Gasteiger charge is 2.01. The maximum Gasteiger partial charge on any atom is 0.254 e. The highest BCUT2D eigenvalue weighted by atomic mass is 16.5. The van der Waals surface area contributed by atoms with Gasteiger partial charge >= 0.3 is 0 Å². The van der Waals surface area contributed by atoms with Crippen LogP contribution >= 0.6 is 0 Å². The Bertz CT molecular complexity index is 355. The molecule has 0 aliphatic carbocycles. The van der Waals surface area contributed by atoms with E-state index in [1.807, 2.05) is 19.9 Å². The van der Waals surface area contributed by atoms with Crippen LogP contribution in [0.1, 0.15) is 39.7 Å². The molecule has 84 valence electrons. The minimum Gasteiger partial charge on any atom is -0.493 e. The van der Waals surface area contributed by atoms with Crippen molar-refractivity contribution in [2.24, 2.45) is 0 Å². The molecule has 0 aromatic carbocycles. The van der Waals surface area contributed by atoms with Crippen molar-refractivity contribution < 1.29 is 4.74 Å². The first-order chi connectivity index (χ1) is 7.15. The molecular formula is C12H19NO2. The van der Waals surface area contributed by atoms with Gasteiger partial charge in [-0.3, -0.25) is 4.79 Å². The average Bonchev–Trinajstić information content (AvgIpc) is 2.17. The zero-order valence-electron chi connectivity index (χ0n) is 9.69. The maximum absolute atomic E-state index is 11.6. The molecule has 0 unspecified atom stereocenters. The van der Waals surface area contributed by atoms with Gasteiger partial charge in [-0.1, -0.05) is 13.3 Å². The predicted octanol–water partition coefficient (Wildman–Crippen LogP) is 2.61. The van der Waals surface area contributed by atoms with Crippen LogP contribution in [0.3, 0.4) is 0 Å². The van der Waals surface area contributed by atoms with Crippen LogP contribution < -0.4 is 10.3 Å². The van der Waals surface area contributed by atoms with E-state index < -0.39 is 0 Å². The van der Waals surface area contributed by atoms with E-state index in [1.165, 1.54) is 0 Å². The largest absolute Gasteiger partial charge is 0.493 e. The van der Waals surface area contributed by atoms with Crippen LogP contribution in [0, 0.1) is 0 Å². The van der Waals surface area contributed by atoms with E-state index in [2.05, 4.69) is 6.92 Å².